The Morgan fingerprint density at radius 2 is 1.90 bits per heavy atom. The fourth-order valence-corrected chi connectivity index (χ4v) is 2.21. The van der Waals surface area contributed by atoms with Crippen molar-refractivity contribution in [2.24, 2.45) is 0 Å². The predicted octanol–water partition coefficient (Wildman–Crippen LogP) is 3.16. The molecule has 1 N–H and O–H groups in total. The highest BCUT2D eigenvalue weighted by Crippen LogP contribution is 2.28. The van der Waals surface area contributed by atoms with Crippen molar-refractivity contribution in [2.45, 2.75) is 45.6 Å². The molecule has 0 bridgehead atoms. The molecule has 0 spiro atoms. The van der Waals surface area contributed by atoms with Crippen molar-refractivity contribution in [3.63, 3.8) is 0 Å². The van der Waals surface area contributed by atoms with Crippen LogP contribution in [-0.2, 0) is 16.6 Å². The van der Waals surface area contributed by atoms with Gasteiger partial charge < -0.3 is 14.8 Å². The van der Waals surface area contributed by atoms with Gasteiger partial charge in [-0.15, -0.1) is 0 Å². The van der Waals surface area contributed by atoms with Gasteiger partial charge in [-0.3, -0.25) is 0 Å². The van der Waals surface area contributed by atoms with E-state index in [2.05, 4.69) is 51.2 Å². The van der Waals surface area contributed by atoms with Gasteiger partial charge in [-0.05, 0) is 36.0 Å². The second kappa shape index (κ2) is 7.65. The average molecular weight is 279 g/mol. The molecule has 0 heterocycles. The van der Waals surface area contributed by atoms with Crippen molar-refractivity contribution in [1.82, 2.24) is 5.32 Å². The van der Waals surface area contributed by atoms with Crippen LogP contribution in [-0.4, -0.2) is 33.4 Å². The Hall–Kier alpha value is -1.06. The SMILES string of the molecule is COCCNC(C)Cc1cc(C(C)(C)C)ccc1OC. The number of ether oxygens (including phenoxy) is 2. The van der Waals surface area contributed by atoms with E-state index in [0.717, 1.165) is 25.3 Å². The summed E-state index contributed by atoms with van der Waals surface area (Å²) in [5, 5.41) is 3.46. The quantitative estimate of drug-likeness (QED) is 0.778. The minimum absolute atomic E-state index is 0.160. The Balaban J connectivity index is 2.80. The Bertz CT molecular complexity index is 410. The van der Waals surface area contributed by atoms with Crippen molar-refractivity contribution in [3.8, 4) is 5.75 Å². The zero-order chi connectivity index (χ0) is 15.2. The summed E-state index contributed by atoms with van der Waals surface area (Å²) in [5.74, 6) is 0.971. The molecule has 0 fully saturated rings. The summed E-state index contributed by atoms with van der Waals surface area (Å²) in [6, 6.07) is 6.91. The van der Waals surface area contributed by atoms with Gasteiger partial charge in [0.25, 0.3) is 0 Å². The molecule has 0 aliphatic carbocycles. The fourth-order valence-electron chi connectivity index (χ4n) is 2.21. The second-order valence-corrected chi connectivity index (χ2v) is 6.33. The number of hydrogen-bond donors (Lipinski definition) is 1. The van der Waals surface area contributed by atoms with Crippen LogP contribution in [0.5, 0.6) is 5.75 Å². The third-order valence-corrected chi connectivity index (χ3v) is 3.47. The molecule has 3 heteroatoms. The second-order valence-electron chi connectivity index (χ2n) is 6.33. The van der Waals surface area contributed by atoms with Gasteiger partial charge in [0.15, 0.2) is 0 Å². The monoisotopic (exact) mass is 279 g/mol. The molecule has 0 radical (unpaired) electrons. The number of rotatable bonds is 7. The number of benzene rings is 1. The lowest BCUT2D eigenvalue weighted by molar-refractivity contribution is 0.196. The van der Waals surface area contributed by atoms with Crippen molar-refractivity contribution < 1.29 is 9.47 Å². The van der Waals surface area contributed by atoms with E-state index in [1.54, 1.807) is 14.2 Å². The van der Waals surface area contributed by atoms with Gasteiger partial charge in [0, 0.05) is 19.7 Å². The van der Waals surface area contributed by atoms with E-state index in [9.17, 15) is 0 Å². The van der Waals surface area contributed by atoms with Crippen LogP contribution >= 0.6 is 0 Å². The number of methoxy groups -OCH3 is 2. The first-order chi connectivity index (χ1) is 9.38. The van der Waals surface area contributed by atoms with Crippen LogP contribution in [0.1, 0.15) is 38.8 Å². The summed E-state index contributed by atoms with van der Waals surface area (Å²) >= 11 is 0. The van der Waals surface area contributed by atoms with Crippen molar-refractivity contribution in [2.75, 3.05) is 27.4 Å². The molecule has 1 atom stereocenters. The van der Waals surface area contributed by atoms with E-state index in [-0.39, 0.29) is 5.41 Å². The largest absolute Gasteiger partial charge is 0.496 e. The maximum Gasteiger partial charge on any atom is 0.122 e. The highest BCUT2D eigenvalue weighted by Gasteiger charge is 2.16. The van der Waals surface area contributed by atoms with Gasteiger partial charge in [0.1, 0.15) is 5.75 Å². The molecule has 0 aliphatic rings. The summed E-state index contributed by atoms with van der Waals surface area (Å²) in [7, 11) is 3.46. The number of hydrogen-bond acceptors (Lipinski definition) is 3. The van der Waals surface area contributed by atoms with Gasteiger partial charge in [-0.25, -0.2) is 0 Å². The maximum atomic E-state index is 5.49. The van der Waals surface area contributed by atoms with Crippen LogP contribution in [0.3, 0.4) is 0 Å². The zero-order valence-corrected chi connectivity index (χ0v) is 13.7. The molecule has 0 aliphatic heterocycles. The molecule has 1 aromatic rings. The van der Waals surface area contributed by atoms with E-state index in [4.69, 9.17) is 9.47 Å². The first kappa shape index (κ1) is 17.0. The van der Waals surface area contributed by atoms with E-state index in [0.29, 0.717) is 6.04 Å². The average Bonchev–Trinajstić information content (AvgIpc) is 2.38. The molecular weight excluding hydrogens is 250 g/mol. The molecule has 1 aromatic carbocycles. The predicted molar refractivity (Wildman–Crippen MR) is 84.7 cm³/mol. The normalized spacial score (nSPS) is 13.3. The molecule has 0 saturated heterocycles. The molecule has 114 valence electrons. The zero-order valence-electron chi connectivity index (χ0n) is 13.7. The molecule has 0 saturated carbocycles. The molecule has 20 heavy (non-hydrogen) atoms. The Morgan fingerprint density at radius 1 is 1.20 bits per heavy atom. The smallest absolute Gasteiger partial charge is 0.122 e. The van der Waals surface area contributed by atoms with Gasteiger partial charge in [-0.1, -0.05) is 32.9 Å². The fraction of sp³-hybridized carbons (Fsp3) is 0.647. The van der Waals surface area contributed by atoms with Crippen LogP contribution in [0.25, 0.3) is 0 Å². The molecule has 3 nitrogen and oxygen atoms in total. The van der Waals surface area contributed by atoms with Crippen molar-refractivity contribution in [1.29, 1.82) is 0 Å². The summed E-state index contributed by atoms with van der Waals surface area (Å²) in [6.45, 7) is 10.5. The maximum absolute atomic E-state index is 5.49. The van der Waals surface area contributed by atoms with Crippen molar-refractivity contribution in [3.05, 3.63) is 29.3 Å². The van der Waals surface area contributed by atoms with Gasteiger partial charge in [-0.2, -0.15) is 0 Å². The van der Waals surface area contributed by atoms with Crippen LogP contribution in [0.2, 0.25) is 0 Å². The van der Waals surface area contributed by atoms with Gasteiger partial charge in [0.2, 0.25) is 0 Å². The van der Waals surface area contributed by atoms with Crippen molar-refractivity contribution >= 4 is 0 Å². The highest BCUT2D eigenvalue weighted by atomic mass is 16.5. The van der Waals surface area contributed by atoms with Crippen LogP contribution in [0.15, 0.2) is 18.2 Å². The van der Waals surface area contributed by atoms with E-state index < -0.39 is 0 Å². The third kappa shape index (κ3) is 5.14. The number of nitrogens with one attached hydrogen (secondary N) is 1. The Labute approximate surface area is 123 Å². The summed E-state index contributed by atoms with van der Waals surface area (Å²) < 4.78 is 10.6. The lowest BCUT2D eigenvalue weighted by Gasteiger charge is -2.22. The molecule has 1 unspecified atom stereocenters. The summed E-state index contributed by atoms with van der Waals surface area (Å²) in [4.78, 5) is 0. The Kier molecular flexibility index (Phi) is 6.50. The van der Waals surface area contributed by atoms with Crippen LogP contribution in [0.4, 0.5) is 0 Å². The Morgan fingerprint density at radius 3 is 2.45 bits per heavy atom. The van der Waals surface area contributed by atoms with Gasteiger partial charge >= 0.3 is 0 Å². The molecule has 0 amide bonds. The topological polar surface area (TPSA) is 30.5 Å². The van der Waals surface area contributed by atoms with Crippen LogP contribution < -0.4 is 10.1 Å². The highest BCUT2D eigenvalue weighted by molar-refractivity contribution is 5.40. The minimum Gasteiger partial charge on any atom is -0.496 e. The van der Waals surface area contributed by atoms with E-state index in [1.165, 1.54) is 11.1 Å². The van der Waals surface area contributed by atoms with Crippen LogP contribution in [0, 0.1) is 0 Å². The van der Waals surface area contributed by atoms with Gasteiger partial charge in [0.05, 0.1) is 13.7 Å². The molecule has 1 rings (SSSR count). The minimum atomic E-state index is 0.160. The molecule has 0 aromatic heterocycles. The standard InChI is InChI=1S/C17H29NO2/c1-13(18-9-10-19-5)11-14-12-15(17(2,3)4)7-8-16(14)20-6/h7-8,12-13,18H,9-11H2,1-6H3. The summed E-state index contributed by atoms with van der Waals surface area (Å²) in [6.07, 6.45) is 0.955. The van der Waals surface area contributed by atoms with E-state index in [1.807, 2.05) is 0 Å². The third-order valence-electron chi connectivity index (χ3n) is 3.47. The molecular formula is C17H29NO2. The van der Waals surface area contributed by atoms with E-state index >= 15 is 0 Å². The first-order valence-corrected chi connectivity index (χ1v) is 7.28. The lowest BCUT2D eigenvalue weighted by Crippen LogP contribution is -2.31. The summed E-state index contributed by atoms with van der Waals surface area (Å²) in [5.41, 5.74) is 2.77. The first-order valence-electron chi connectivity index (χ1n) is 7.28. The lowest BCUT2D eigenvalue weighted by atomic mass is 9.85.